The second kappa shape index (κ2) is 7.09. The van der Waals surface area contributed by atoms with Crippen molar-refractivity contribution in [2.24, 2.45) is 7.05 Å². The number of benzene rings is 1. The Morgan fingerprint density at radius 1 is 1.26 bits per heavy atom. The molecule has 0 aliphatic carbocycles. The van der Waals surface area contributed by atoms with E-state index < -0.39 is 0 Å². The standard InChI is InChI=1S/C17H20N4O2/c1-20-15(18-17(19-20)21-11-5-6-12-21)9-10-16(22)23-13-14-7-3-2-4-8-14/h2-4,7-10H,5-6,11-13H2,1H3. The number of anilines is 1. The van der Waals surface area contributed by atoms with Gasteiger partial charge in [-0.2, -0.15) is 4.98 Å². The lowest BCUT2D eigenvalue weighted by molar-refractivity contribution is -0.138. The van der Waals surface area contributed by atoms with E-state index in [-0.39, 0.29) is 12.6 Å². The summed E-state index contributed by atoms with van der Waals surface area (Å²) in [6.07, 6.45) is 5.38. The van der Waals surface area contributed by atoms with Gasteiger partial charge in [-0.25, -0.2) is 9.48 Å². The lowest BCUT2D eigenvalue weighted by Crippen LogP contribution is -2.19. The molecule has 2 aromatic rings. The van der Waals surface area contributed by atoms with Crippen molar-refractivity contribution in [1.82, 2.24) is 14.8 Å². The van der Waals surface area contributed by atoms with Crippen LogP contribution in [0.2, 0.25) is 0 Å². The minimum absolute atomic E-state index is 0.266. The van der Waals surface area contributed by atoms with Crippen LogP contribution < -0.4 is 4.90 Å². The Bertz CT molecular complexity index is 688. The molecule has 120 valence electrons. The highest BCUT2D eigenvalue weighted by Gasteiger charge is 2.17. The molecule has 6 nitrogen and oxygen atoms in total. The number of hydrogen-bond acceptors (Lipinski definition) is 5. The first-order chi connectivity index (χ1) is 11.2. The molecule has 0 atom stereocenters. The van der Waals surface area contributed by atoms with Crippen LogP contribution in [-0.2, 0) is 23.2 Å². The summed E-state index contributed by atoms with van der Waals surface area (Å²) in [7, 11) is 1.82. The van der Waals surface area contributed by atoms with Crippen LogP contribution in [0.15, 0.2) is 36.4 Å². The van der Waals surface area contributed by atoms with Gasteiger partial charge in [0.1, 0.15) is 6.61 Å². The number of ether oxygens (including phenoxy) is 1. The lowest BCUT2D eigenvalue weighted by Gasteiger charge is -2.10. The quantitative estimate of drug-likeness (QED) is 0.625. The van der Waals surface area contributed by atoms with Gasteiger partial charge < -0.3 is 9.64 Å². The molecule has 1 aromatic carbocycles. The summed E-state index contributed by atoms with van der Waals surface area (Å²) in [4.78, 5) is 18.4. The molecule has 1 aromatic heterocycles. The molecule has 6 heteroatoms. The summed E-state index contributed by atoms with van der Waals surface area (Å²) in [6.45, 7) is 2.25. The maximum absolute atomic E-state index is 11.8. The molecule has 1 aliphatic heterocycles. The fraction of sp³-hybridized carbons (Fsp3) is 0.353. The number of carbonyl (C=O) groups excluding carboxylic acids is 1. The van der Waals surface area contributed by atoms with E-state index in [4.69, 9.17) is 4.74 Å². The molecule has 23 heavy (non-hydrogen) atoms. The highest BCUT2D eigenvalue weighted by molar-refractivity contribution is 5.86. The molecule has 1 aliphatic rings. The van der Waals surface area contributed by atoms with Gasteiger partial charge in [0.05, 0.1) is 0 Å². The van der Waals surface area contributed by atoms with Gasteiger partial charge in [0, 0.05) is 26.2 Å². The third-order valence-electron chi connectivity index (χ3n) is 3.77. The fourth-order valence-electron chi connectivity index (χ4n) is 2.50. The maximum atomic E-state index is 11.8. The van der Waals surface area contributed by atoms with E-state index >= 15 is 0 Å². The van der Waals surface area contributed by atoms with Crippen LogP contribution in [0, 0.1) is 0 Å². The minimum atomic E-state index is -0.389. The van der Waals surface area contributed by atoms with Crippen molar-refractivity contribution in [1.29, 1.82) is 0 Å². The Morgan fingerprint density at radius 2 is 2.00 bits per heavy atom. The van der Waals surface area contributed by atoms with E-state index in [2.05, 4.69) is 15.0 Å². The van der Waals surface area contributed by atoms with Crippen LogP contribution in [0.25, 0.3) is 6.08 Å². The molecule has 0 N–H and O–H groups in total. The van der Waals surface area contributed by atoms with E-state index in [1.807, 2.05) is 37.4 Å². The Kier molecular flexibility index (Phi) is 4.71. The number of rotatable bonds is 5. The second-order valence-corrected chi connectivity index (χ2v) is 5.51. The molecule has 0 amide bonds. The molecule has 0 radical (unpaired) electrons. The monoisotopic (exact) mass is 312 g/mol. The number of hydrogen-bond donors (Lipinski definition) is 0. The number of nitrogens with zero attached hydrogens (tertiary/aromatic N) is 4. The largest absolute Gasteiger partial charge is 0.458 e. The lowest BCUT2D eigenvalue weighted by atomic mass is 10.2. The van der Waals surface area contributed by atoms with E-state index in [1.165, 1.54) is 18.9 Å². The van der Waals surface area contributed by atoms with Crippen molar-refractivity contribution in [2.45, 2.75) is 19.4 Å². The molecular formula is C17H20N4O2. The van der Waals surface area contributed by atoms with Crippen molar-refractivity contribution in [3.8, 4) is 0 Å². The third kappa shape index (κ3) is 3.97. The first-order valence-electron chi connectivity index (χ1n) is 7.77. The smallest absolute Gasteiger partial charge is 0.331 e. The summed E-state index contributed by atoms with van der Waals surface area (Å²) < 4.78 is 6.88. The van der Waals surface area contributed by atoms with Crippen LogP contribution in [0.5, 0.6) is 0 Å². The summed E-state index contributed by atoms with van der Waals surface area (Å²) in [5.74, 6) is 0.977. The average Bonchev–Trinajstić information content (AvgIpc) is 3.21. The predicted molar refractivity (Wildman–Crippen MR) is 87.7 cm³/mol. The van der Waals surface area contributed by atoms with Crippen LogP contribution in [0.3, 0.4) is 0 Å². The van der Waals surface area contributed by atoms with Gasteiger partial charge in [-0.3, -0.25) is 0 Å². The Morgan fingerprint density at radius 3 is 2.74 bits per heavy atom. The first kappa shape index (κ1) is 15.3. The van der Waals surface area contributed by atoms with Crippen molar-refractivity contribution in [2.75, 3.05) is 18.0 Å². The maximum Gasteiger partial charge on any atom is 0.331 e. The average molecular weight is 312 g/mol. The molecule has 0 saturated carbocycles. The highest BCUT2D eigenvalue weighted by Crippen LogP contribution is 2.16. The zero-order chi connectivity index (χ0) is 16.1. The molecule has 2 heterocycles. The van der Waals surface area contributed by atoms with Crippen LogP contribution in [0.1, 0.15) is 24.2 Å². The second-order valence-electron chi connectivity index (χ2n) is 5.51. The predicted octanol–water partition coefficient (Wildman–Crippen LogP) is 2.17. The number of carbonyl (C=O) groups is 1. The molecular weight excluding hydrogens is 292 g/mol. The van der Waals surface area contributed by atoms with Gasteiger partial charge in [0.15, 0.2) is 5.82 Å². The first-order valence-corrected chi connectivity index (χ1v) is 7.77. The summed E-state index contributed by atoms with van der Waals surface area (Å²) in [6, 6.07) is 9.60. The van der Waals surface area contributed by atoms with Crippen molar-refractivity contribution < 1.29 is 9.53 Å². The van der Waals surface area contributed by atoms with Crippen LogP contribution in [-0.4, -0.2) is 33.8 Å². The molecule has 0 bridgehead atoms. The fourth-order valence-corrected chi connectivity index (χ4v) is 2.50. The van der Waals surface area contributed by atoms with E-state index in [9.17, 15) is 4.79 Å². The van der Waals surface area contributed by atoms with Crippen LogP contribution in [0.4, 0.5) is 5.95 Å². The third-order valence-corrected chi connectivity index (χ3v) is 3.77. The van der Waals surface area contributed by atoms with Crippen molar-refractivity contribution >= 4 is 18.0 Å². The SMILES string of the molecule is Cn1nc(N2CCCC2)nc1C=CC(=O)OCc1ccccc1. The molecule has 1 fully saturated rings. The summed E-state index contributed by atoms with van der Waals surface area (Å²) >= 11 is 0. The van der Waals surface area contributed by atoms with E-state index in [0.717, 1.165) is 24.6 Å². The van der Waals surface area contributed by atoms with Gasteiger partial charge in [0.25, 0.3) is 0 Å². The number of esters is 1. The van der Waals surface area contributed by atoms with Gasteiger partial charge in [-0.05, 0) is 24.5 Å². The Hall–Kier alpha value is -2.63. The number of aromatic nitrogens is 3. The topological polar surface area (TPSA) is 60.2 Å². The van der Waals surface area contributed by atoms with E-state index in [0.29, 0.717) is 5.82 Å². The Labute approximate surface area is 135 Å². The van der Waals surface area contributed by atoms with E-state index in [1.54, 1.807) is 10.8 Å². The van der Waals surface area contributed by atoms with Gasteiger partial charge in [0.2, 0.25) is 5.95 Å². The van der Waals surface area contributed by atoms with Gasteiger partial charge >= 0.3 is 5.97 Å². The zero-order valence-corrected chi connectivity index (χ0v) is 13.2. The molecule has 3 rings (SSSR count). The Balaban J connectivity index is 1.57. The summed E-state index contributed by atoms with van der Waals surface area (Å²) in [5.41, 5.74) is 0.962. The molecule has 1 saturated heterocycles. The summed E-state index contributed by atoms with van der Waals surface area (Å²) in [5, 5.41) is 4.39. The zero-order valence-electron chi connectivity index (χ0n) is 13.2. The molecule has 0 spiro atoms. The van der Waals surface area contributed by atoms with Gasteiger partial charge in [-0.15, -0.1) is 5.10 Å². The van der Waals surface area contributed by atoms with Crippen molar-refractivity contribution in [3.05, 3.63) is 47.8 Å². The molecule has 0 unspecified atom stereocenters. The van der Waals surface area contributed by atoms with Gasteiger partial charge in [-0.1, -0.05) is 30.3 Å². The normalized spacial score (nSPS) is 14.6. The minimum Gasteiger partial charge on any atom is -0.458 e. The highest BCUT2D eigenvalue weighted by atomic mass is 16.5. The number of aryl methyl sites for hydroxylation is 1. The van der Waals surface area contributed by atoms with Crippen LogP contribution >= 0.6 is 0 Å². The van der Waals surface area contributed by atoms with Crippen molar-refractivity contribution in [3.63, 3.8) is 0 Å².